The van der Waals surface area contributed by atoms with Gasteiger partial charge in [-0.2, -0.15) is 0 Å². The average molecular weight is 312 g/mol. The number of carbonyl (C=O) groups is 1. The molecule has 112 valence electrons. The van der Waals surface area contributed by atoms with E-state index in [0.717, 1.165) is 17.5 Å². The van der Waals surface area contributed by atoms with E-state index in [1.54, 1.807) is 0 Å². The molecule has 0 aliphatic carbocycles. The number of rotatable bonds is 4. The second-order valence-electron chi connectivity index (χ2n) is 4.91. The van der Waals surface area contributed by atoms with Gasteiger partial charge in [0, 0.05) is 12.5 Å². The maximum absolute atomic E-state index is 13.6. The topological polar surface area (TPSA) is 80.9 Å². The normalized spacial score (nSPS) is 10.9. The number of anilines is 2. The quantitative estimate of drug-likeness (QED) is 0.851. The van der Waals surface area contributed by atoms with E-state index in [9.17, 15) is 13.6 Å². The number of nitrogens with two attached hydrogens (primary N) is 1. The minimum absolute atomic E-state index is 0.262. The number of carbonyl (C=O) groups excluding carboxylic acids is 1. The Morgan fingerprint density at radius 2 is 2.05 bits per heavy atom. The van der Waals surface area contributed by atoms with Crippen molar-refractivity contribution in [2.24, 2.45) is 5.92 Å². The molecule has 0 aliphatic rings. The molecule has 0 aliphatic heterocycles. The van der Waals surface area contributed by atoms with Gasteiger partial charge in [-0.05, 0) is 12.0 Å². The molecule has 0 fully saturated rings. The van der Waals surface area contributed by atoms with E-state index in [-0.39, 0.29) is 16.4 Å². The zero-order valence-electron chi connectivity index (χ0n) is 11.5. The first-order chi connectivity index (χ1) is 9.86. The molecule has 1 aromatic carbocycles. The second-order valence-corrected chi connectivity index (χ2v) is 5.97. The molecule has 1 heterocycles. The molecular formula is C13H14F2N4OS. The largest absolute Gasteiger partial charge is 0.396 e. The second kappa shape index (κ2) is 6.13. The lowest BCUT2D eigenvalue weighted by atomic mass is 10.1. The molecule has 0 spiro atoms. The maximum Gasteiger partial charge on any atom is 0.260 e. The number of hydrogen-bond acceptors (Lipinski definition) is 5. The minimum atomic E-state index is -0.980. The van der Waals surface area contributed by atoms with Crippen molar-refractivity contribution in [2.45, 2.75) is 20.3 Å². The summed E-state index contributed by atoms with van der Waals surface area (Å²) in [4.78, 5) is 11.9. The Labute approximate surface area is 124 Å². The molecule has 3 N–H and O–H groups in total. The van der Waals surface area contributed by atoms with Gasteiger partial charge < -0.3 is 5.73 Å². The third kappa shape index (κ3) is 3.72. The Balaban J connectivity index is 2.14. The molecule has 0 bridgehead atoms. The lowest BCUT2D eigenvalue weighted by Crippen LogP contribution is -2.14. The number of nitrogens with zero attached hydrogens (tertiary/aromatic N) is 2. The molecule has 0 radical (unpaired) electrons. The van der Waals surface area contributed by atoms with E-state index in [4.69, 9.17) is 5.73 Å². The van der Waals surface area contributed by atoms with E-state index in [2.05, 4.69) is 15.5 Å². The molecule has 2 aromatic rings. The highest BCUT2D eigenvalue weighted by molar-refractivity contribution is 7.15. The van der Waals surface area contributed by atoms with E-state index in [1.807, 2.05) is 13.8 Å². The molecule has 1 amide bonds. The Morgan fingerprint density at radius 3 is 2.71 bits per heavy atom. The number of nitrogen functional groups attached to an aromatic ring is 1. The van der Waals surface area contributed by atoms with Gasteiger partial charge in [-0.25, -0.2) is 8.78 Å². The highest BCUT2D eigenvalue weighted by Gasteiger charge is 2.17. The fraction of sp³-hybridized carbons (Fsp3) is 0.308. The van der Waals surface area contributed by atoms with Crippen LogP contribution in [0.2, 0.25) is 0 Å². The summed E-state index contributed by atoms with van der Waals surface area (Å²) in [5.41, 5.74) is 4.70. The van der Waals surface area contributed by atoms with Crippen molar-refractivity contribution in [1.82, 2.24) is 10.2 Å². The van der Waals surface area contributed by atoms with Gasteiger partial charge in [0.15, 0.2) is 0 Å². The first kappa shape index (κ1) is 15.3. The molecule has 2 rings (SSSR count). The Morgan fingerprint density at radius 1 is 1.33 bits per heavy atom. The summed E-state index contributed by atoms with van der Waals surface area (Å²) in [5.74, 6) is -2.22. The third-order valence-electron chi connectivity index (χ3n) is 2.60. The van der Waals surface area contributed by atoms with Crippen molar-refractivity contribution in [3.8, 4) is 0 Å². The van der Waals surface area contributed by atoms with Crippen LogP contribution in [0.4, 0.5) is 19.6 Å². The summed E-state index contributed by atoms with van der Waals surface area (Å²) in [6.45, 7) is 4.08. The summed E-state index contributed by atoms with van der Waals surface area (Å²) in [7, 11) is 0. The van der Waals surface area contributed by atoms with E-state index in [0.29, 0.717) is 12.0 Å². The first-order valence-corrected chi connectivity index (χ1v) is 7.06. The summed E-state index contributed by atoms with van der Waals surface area (Å²) < 4.78 is 26.6. The van der Waals surface area contributed by atoms with Crippen molar-refractivity contribution < 1.29 is 13.6 Å². The lowest BCUT2D eigenvalue weighted by Gasteiger charge is -2.04. The van der Waals surface area contributed by atoms with Gasteiger partial charge in [0.25, 0.3) is 5.91 Å². The van der Waals surface area contributed by atoms with Crippen molar-refractivity contribution in [2.75, 3.05) is 11.1 Å². The van der Waals surface area contributed by atoms with E-state index >= 15 is 0 Å². The maximum atomic E-state index is 13.6. The molecule has 5 nitrogen and oxygen atoms in total. The standard InChI is InChI=1S/C13H14F2N4OS/c1-6(2)3-11-18-19-13(21-11)17-12(20)7-4-10(16)9(15)5-8(7)14/h4-6H,3,16H2,1-2H3,(H,17,19,20). The van der Waals surface area contributed by atoms with Crippen LogP contribution >= 0.6 is 11.3 Å². The number of aromatic nitrogens is 2. The van der Waals surface area contributed by atoms with Gasteiger partial charge in [-0.3, -0.25) is 10.1 Å². The van der Waals surface area contributed by atoms with Crippen LogP contribution in [0.3, 0.4) is 0 Å². The summed E-state index contributed by atoms with van der Waals surface area (Å²) in [6, 6.07) is 1.53. The number of nitrogens with one attached hydrogen (secondary N) is 1. The Hall–Kier alpha value is -2.09. The molecule has 0 unspecified atom stereocenters. The van der Waals surface area contributed by atoms with Crippen LogP contribution in [0.1, 0.15) is 29.2 Å². The number of amides is 1. The van der Waals surface area contributed by atoms with Gasteiger partial charge in [0.2, 0.25) is 5.13 Å². The minimum Gasteiger partial charge on any atom is -0.396 e. The zero-order chi connectivity index (χ0) is 15.6. The fourth-order valence-corrected chi connectivity index (χ4v) is 2.59. The number of hydrogen-bond donors (Lipinski definition) is 2. The monoisotopic (exact) mass is 312 g/mol. The van der Waals surface area contributed by atoms with Crippen molar-refractivity contribution in [3.63, 3.8) is 0 Å². The van der Waals surface area contributed by atoms with Gasteiger partial charge in [-0.1, -0.05) is 25.2 Å². The van der Waals surface area contributed by atoms with Crippen LogP contribution in [-0.4, -0.2) is 16.1 Å². The Bertz CT molecular complexity index is 672. The van der Waals surface area contributed by atoms with Gasteiger partial charge in [0.05, 0.1) is 11.3 Å². The fourth-order valence-electron chi connectivity index (χ4n) is 1.64. The zero-order valence-corrected chi connectivity index (χ0v) is 12.3. The smallest absolute Gasteiger partial charge is 0.260 e. The molecular weight excluding hydrogens is 298 g/mol. The highest BCUT2D eigenvalue weighted by atomic mass is 32.1. The number of halogens is 2. The Kier molecular flexibility index (Phi) is 4.46. The van der Waals surface area contributed by atoms with E-state index in [1.165, 1.54) is 11.3 Å². The predicted octanol–water partition coefficient (Wildman–Crippen LogP) is 2.85. The average Bonchev–Trinajstić information content (AvgIpc) is 2.80. The summed E-state index contributed by atoms with van der Waals surface area (Å²) >= 11 is 1.22. The van der Waals surface area contributed by atoms with Gasteiger partial charge in [-0.15, -0.1) is 10.2 Å². The van der Waals surface area contributed by atoms with Crippen LogP contribution in [0.25, 0.3) is 0 Å². The highest BCUT2D eigenvalue weighted by Crippen LogP contribution is 2.21. The van der Waals surface area contributed by atoms with Crippen molar-refractivity contribution >= 4 is 28.1 Å². The van der Waals surface area contributed by atoms with Crippen LogP contribution in [0, 0.1) is 17.6 Å². The van der Waals surface area contributed by atoms with Crippen LogP contribution in [0.15, 0.2) is 12.1 Å². The van der Waals surface area contributed by atoms with Gasteiger partial charge >= 0.3 is 0 Å². The molecule has 0 atom stereocenters. The third-order valence-corrected chi connectivity index (χ3v) is 3.46. The molecule has 1 aromatic heterocycles. The van der Waals surface area contributed by atoms with Crippen LogP contribution in [-0.2, 0) is 6.42 Å². The summed E-state index contributed by atoms with van der Waals surface area (Å²) in [5, 5.41) is 11.2. The van der Waals surface area contributed by atoms with E-state index < -0.39 is 17.5 Å². The van der Waals surface area contributed by atoms with Crippen LogP contribution < -0.4 is 11.1 Å². The predicted molar refractivity (Wildman–Crippen MR) is 77.2 cm³/mol. The van der Waals surface area contributed by atoms with Crippen LogP contribution in [0.5, 0.6) is 0 Å². The molecule has 21 heavy (non-hydrogen) atoms. The molecule has 8 heteroatoms. The first-order valence-electron chi connectivity index (χ1n) is 6.25. The molecule has 0 saturated heterocycles. The summed E-state index contributed by atoms with van der Waals surface area (Å²) in [6.07, 6.45) is 0.741. The van der Waals surface area contributed by atoms with Crippen molar-refractivity contribution in [3.05, 3.63) is 34.3 Å². The van der Waals surface area contributed by atoms with Gasteiger partial charge in [0.1, 0.15) is 16.6 Å². The molecule has 0 saturated carbocycles. The number of benzene rings is 1. The SMILES string of the molecule is CC(C)Cc1nnc(NC(=O)c2cc(N)c(F)cc2F)s1. The van der Waals surface area contributed by atoms with Crippen molar-refractivity contribution in [1.29, 1.82) is 0 Å². The lowest BCUT2D eigenvalue weighted by molar-refractivity contribution is 0.102.